The van der Waals surface area contributed by atoms with Crippen LogP contribution in [-0.2, 0) is 19.0 Å². The lowest BCUT2D eigenvalue weighted by Crippen LogP contribution is -2.37. The Morgan fingerprint density at radius 1 is 1.38 bits per heavy atom. The zero-order chi connectivity index (χ0) is 12.8. The molecule has 96 valence electrons. The van der Waals surface area contributed by atoms with Gasteiger partial charge in [0, 0.05) is 13.2 Å². The van der Waals surface area contributed by atoms with Crippen molar-refractivity contribution in [3.63, 3.8) is 0 Å². The summed E-state index contributed by atoms with van der Waals surface area (Å²) in [6.07, 6.45) is -0.252. The van der Waals surface area contributed by atoms with Crippen LogP contribution in [0, 0.1) is 0 Å². The predicted molar refractivity (Wildman–Crippen MR) is 60.9 cm³/mol. The van der Waals surface area contributed by atoms with E-state index >= 15 is 0 Å². The molecule has 0 saturated carbocycles. The average molecular weight is 233 g/mol. The third-order valence-corrected chi connectivity index (χ3v) is 1.64. The predicted octanol–water partition coefficient (Wildman–Crippen LogP) is 1.05. The Morgan fingerprint density at radius 2 is 1.94 bits per heavy atom. The van der Waals surface area contributed by atoms with Gasteiger partial charge in [-0.05, 0) is 34.1 Å². The topological polar surface area (TPSA) is 70.8 Å². The number of ether oxygens (including phenoxy) is 3. The van der Waals surface area contributed by atoms with Gasteiger partial charge in [0.2, 0.25) is 0 Å². The second-order valence-corrected chi connectivity index (χ2v) is 4.81. The van der Waals surface area contributed by atoms with E-state index in [0.29, 0.717) is 6.42 Å². The molecule has 0 fully saturated rings. The van der Waals surface area contributed by atoms with Crippen LogP contribution in [0.1, 0.15) is 34.1 Å². The number of carbonyl (C=O) groups is 1. The Labute approximate surface area is 97.2 Å². The smallest absolute Gasteiger partial charge is 0.335 e. The minimum Gasteiger partial charge on any atom is -0.458 e. The van der Waals surface area contributed by atoms with Crippen LogP contribution >= 0.6 is 0 Å². The SMILES string of the molecule is COCO[C@@H](C[C@@H](C)N)C(=O)OC(C)(C)C. The van der Waals surface area contributed by atoms with E-state index in [1.165, 1.54) is 7.11 Å². The summed E-state index contributed by atoms with van der Waals surface area (Å²) in [7, 11) is 1.50. The van der Waals surface area contributed by atoms with Gasteiger partial charge in [0.25, 0.3) is 0 Å². The van der Waals surface area contributed by atoms with Crippen LogP contribution in [0.5, 0.6) is 0 Å². The van der Waals surface area contributed by atoms with Crippen molar-refractivity contribution in [3.8, 4) is 0 Å². The molecule has 0 aliphatic rings. The maximum Gasteiger partial charge on any atom is 0.335 e. The van der Waals surface area contributed by atoms with Gasteiger partial charge in [0.1, 0.15) is 12.4 Å². The molecule has 0 aliphatic carbocycles. The quantitative estimate of drug-likeness (QED) is 0.548. The number of nitrogens with two attached hydrogens (primary N) is 1. The van der Waals surface area contributed by atoms with E-state index in [1.807, 2.05) is 27.7 Å². The van der Waals surface area contributed by atoms with E-state index in [2.05, 4.69) is 0 Å². The molecule has 0 rings (SSSR count). The third kappa shape index (κ3) is 7.62. The van der Waals surface area contributed by atoms with Gasteiger partial charge in [0.15, 0.2) is 6.10 Å². The fourth-order valence-electron chi connectivity index (χ4n) is 1.09. The van der Waals surface area contributed by atoms with Crippen LogP contribution in [0.3, 0.4) is 0 Å². The molecule has 0 aromatic carbocycles. The molecular formula is C11H23NO4. The summed E-state index contributed by atoms with van der Waals surface area (Å²) >= 11 is 0. The lowest BCUT2D eigenvalue weighted by Gasteiger charge is -2.24. The Morgan fingerprint density at radius 3 is 2.31 bits per heavy atom. The van der Waals surface area contributed by atoms with Crippen LogP contribution in [0.4, 0.5) is 0 Å². The van der Waals surface area contributed by atoms with Crippen molar-refractivity contribution in [1.29, 1.82) is 0 Å². The number of esters is 1. The summed E-state index contributed by atoms with van der Waals surface area (Å²) in [6, 6.07) is -0.130. The number of methoxy groups -OCH3 is 1. The van der Waals surface area contributed by atoms with Gasteiger partial charge in [-0.1, -0.05) is 0 Å². The molecular weight excluding hydrogens is 210 g/mol. The molecule has 0 amide bonds. The van der Waals surface area contributed by atoms with Gasteiger partial charge < -0.3 is 19.9 Å². The Balaban J connectivity index is 4.31. The van der Waals surface area contributed by atoms with Gasteiger partial charge >= 0.3 is 5.97 Å². The zero-order valence-electron chi connectivity index (χ0n) is 10.8. The first-order valence-electron chi connectivity index (χ1n) is 5.35. The standard InChI is InChI=1S/C11H23NO4/c1-8(12)6-9(15-7-14-5)10(13)16-11(2,3)4/h8-9H,6-7,12H2,1-5H3/t8-,9+/m1/s1. The largest absolute Gasteiger partial charge is 0.458 e. The summed E-state index contributed by atoms with van der Waals surface area (Å²) in [5.41, 5.74) is 5.11. The molecule has 0 heterocycles. The molecule has 0 spiro atoms. The van der Waals surface area contributed by atoms with E-state index in [1.54, 1.807) is 0 Å². The summed E-state index contributed by atoms with van der Waals surface area (Å²) < 4.78 is 15.2. The minimum absolute atomic E-state index is 0.0522. The van der Waals surface area contributed by atoms with Crippen molar-refractivity contribution in [3.05, 3.63) is 0 Å². The number of hydrogen-bond donors (Lipinski definition) is 1. The highest BCUT2D eigenvalue weighted by molar-refractivity contribution is 5.75. The fourth-order valence-corrected chi connectivity index (χ4v) is 1.09. The second kappa shape index (κ2) is 6.83. The van der Waals surface area contributed by atoms with Gasteiger partial charge in [0.05, 0.1) is 0 Å². The Hall–Kier alpha value is -0.650. The van der Waals surface area contributed by atoms with Crippen molar-refractivity contribution in [2.24, 2.45) is 5.73 Å². The van der Waals surface area contributed by atoms with E-state index < -0.39 is 17.7 Å². The molecule has 2 atom stereocenters. The summed E-state index contributed by atoms with van der Waals surface area (Å²) in [5, 5.41) is 0. The van der Waals surface area contributed by atoms with Crippen molar-refractivity contribution >= 4 is 5.97 Å². The van der Waals surface area contributed by atoms with Crippen LogP contribution in [-0.4, -0.2) is 37.6 Å². The lowest BCUT2D eigenvalue weighted by molar-refractivity contribution is -0.176. The molecule has 2 N–H and O–H groups in total. The number of carbonyl (C=O) groups excluding carboxylic acids is 1. The van der Waals surface area contributed by atoms with Crippen molar-refractivity contribution < 1.29 is 19.0 Å². The van der Waals surface area contributed by atoms with E-state index in [-0.39, 0.29) is 12.8 Å². The molecule has 0 bridgehead atoms. The first-order chi connectivity index (χ1) is 7.26. The van der Waals surface area contributed by atoms with Crippen molar-refractivity contribution in [2.45, 2.75) is 51.9 Å². The fraction of sp³-hybridized carbons (Fsp3) is 0.909. The molecule has 0 saturated heterocycles. The summed E-state index contributed by atoms with van der Waals surface area (Å²) in [4.78, 5) is 11.7. The molecule has 5 heteroatoms. The van der Waals surface area contributed by atoms with Crippen LogP contribution < -0.4 is 5.73 Å². The number of hydrogen-bond acceptors (Lipinski definition) is 5. The highest BCUT2D eigenvalue weighted by atomic mass is 16.7. The highest BCUT2D eigenvalue weighted by Crippen LogP contribution is 2.12. The minimum atomic E-state index is -0.667. The first-order valence-corrected chi connectivity index (χ1v) is 5.35. The molecule has 0 aromatic rings. The Bertz CT molecular complexity index is 211. The van der Waals surface area contributed by atoms with E-state index in [0.717, 1.165) is 0 Å². The lowest BCUT2D eigenvalue weighted by atomic mass is 10.1. The van der Waals surface area contributed by atoms with E-state index in [4.69, 9.17) is 19.9 Å². The highest BCUT2D eigenvalue weighted by Gasteiger charge is 2.26. The van der Waals surface area contributed by atoms with Gasteiger partial charge in [-0.15, -0.1) is 0 Å². The summed E-state index contributed by atoms with van der Waals surface area (Å²) in [5.74, 6) is -0.401. The molecule has 0 aromatic heterocycles. The molecule has 0 aliphatic heterocycles. The normalized spacial score (nSPS) is 15.6. The summed E-state index contributed by atoms with van der Waals surface area (Å²) in [6.45, 7) is 7.29. The van der Waals surface area contributed by atoms with Crippen molar-refractivity contribution in [1.82, 2.24) is 0 Å². The maximum atomic E-state index is 11.7. The third-order valence-electron chi connectivity index (χ3n) is 1.64. The molecule has 0 radical (unpaired) electrons. The van der Waals surface area contributed by atoms with Crippen LogP contribution in [0.15, 0.2) is 0 Å². The first kappa shape index (κ1) is 15.3. The van der Waals surface area contributed by atoms with Crippen LogP contribution in [0.2, 0.25) is 0 Å². The maximum absolute atomic E-state index is 11.7. The molecule has 0 unspecified atom stereocenters. The Kier molecular flexibility index (Phi) is 6.55. The second-order valence-electron chi connectivity index (χ2n) is 4.81. The molecule has 16 heavy (non-hydrogen) atoms. The molecule has 5 nitrogen and oxygen atoms in total. The van der Waals surface area contributed by atoms with Gasteiger partial charge in [-0.3, -0.25) is 0 Å². The van der Waals surface area contributed by atoms with Gasteiger partial charge in [-0.25, -0.2) is 4.79 Å². The monoisotopic (exact) mass is 233 g/mol. The average Bonchev–Trinajstić information content (AvgIpc) is 2.08. The van der Waals surface area contributed by atoms with Crippen LogP contribution in [0.25, 0.3) is 0 Å². The number of rotatable bonds is 6. The zero-order valence-corrected chi connectivity index (χ0v) is 10.8. The van der Waals surface area contributed by atoms with E-state index in [9.17, 15) is 4.79 Å². The van der Waals surface area contributed by atoms with Crippen molar-refractivity contribution in [2.75, 3.05) is 13.9 Å². The van der Waals surface area contributed by atoms with Gasteiger partial charge in [-0.2, -0.15) is 0 Å².